The molecule has 0 radical (unpaired) electrons. The molecule has 1 aromatic carbocycles. The zero-order chi connectivity index (χ0) is 14.4. The lowest BCUT2D eigenvalue weighted by molar-refractivity contribution is -0.137. The van der Waals surface area contributed by atoms with E-state index in [4.69, 9.17) is 9.47 Å². The summed E-state index contributed by atoms with van der Waals surface area (Å²) in [6, 6.07) is 7.20. The summed E-state index contributed by atoms with van der Waals surface area (Å²) in [5, 5.41) is 9.70. The van der Waals surface area contributed by atoms with Crippen molar-refractivity contribution in [1.82, 2.24) is 4.90 Å². The molecule has 1 N–H and O–H groups in total. The Morgan fingerprint density at radius 3 is 2.60 bits per heavy atom. The molecule has 1 heterocycles. The summed E-state index contributed by atoms with van der Waals surface area (Å²) in [5.41, 5.74) is 0.861. The van der Waals surface area contributed by atoms with Crippen molar-refractivity contribution in [2.75, 3.05) is 32.9 Å². The van der Waals surface area contributed by atoms with Gasteiger partial charge in [0.2, 0.25) is 0 Å². The highest BCUT2D eigenvalue weighted by atomic mass is 16.5. The molecule has 0 aromatic heterocycles. The lowest BCUT2D eigenvalue weighted by Crippen LogP contribution is -2.42. The van der Waals surface area contributed by atoms with Gasteiger partial charge in [0, 0.05) is 13.1 Å². The van der Waals surface area contributed by atoms with Crippen molar-refractivity contribution in [3.05, 3.63) is 29.8 Å². The van der Waals surface area contributed by atoms with Crippen LogP contribution >= 0.6 is 0 Å². The first-order chi connectivity index (χ1) is 9.70. The summed E-state index contributed by atoms with van der Waals surface area (Å²) in [6.07, 6.45) is 0.231. The van der Waals surface area contributed by atoms with Gasteiger partial charge in [0.15, 0.2) is 6.61 Å². The molecule has 1 saturated heterocycles. The van der Waals surface area contributed by atoms with Crippen LogP contribution in [0, 0.1) is 0 Å². The third-order valence-electron chi connectivity index (χ3n) is 3.38. The molecule has 110 valence electrons. The number of aliphatic hydroxyl groups is 1. The monoisotopic (exact) mass is 279 g/mol. The van der Waals surface area contributed by atoms with Gasteiger partial charge in [-0.05, 0) is 24.1 Å². The molecule has 5 heteroatoms. The number of amides is 1. The molecule has 0 saturated carbocycles. The van der Waals surface area contributed by atoms with Crippen LogP contribution in [0.25, 0.3) is 0 Å². The van der Waals surface area contributed by atoms with Gasteiger partial charge in [-0.2, -0.15) is 0 Å². The van der Waals surface area contributed by atoms with Crippen LogP contribution in [-0.4, -0.2) is 48.8 Å². The molecular formula is C15H21NO4. The van der Waals surface area contributed by atoms with E-state index in [0.717, 1.165) is 5.56 Å². The van der Waals surface area contributed by atoms with Crippen LogP contribution in [0.5, 0.6) is 5.75 Å². The minimum absolute atomic E-state index is 0.0223. The van der Waals surface area contributed by atoms with E-state index < -0.39 is 6.10 Å². The molecule has 0 spiro atoms. The fraction of sp³-hybridized carbons (Fsp3) is 0.533. The number of hydrogen-bond donors (Lipinski definition) is 1. The summed E-state index contributed by atoms with van der Waals surface area (Å²) in [6.45, 7) is 4.41. The van der Waals surface area contributed by atoms with Gasteiger partial charge in [-0.1, -0.05) is 19.1 Å². The maximum absolute atomic E-state index is 11.9. The summed E-state index contributed by atoms with van der Waals surface area (Å²) in [5.74, 6) is 0.615. The Bertz CT molecular complexity index is 426. The molecule has 20 heavy (non-hydrogen) atoms. The maximum atomic E-state index is 11.9. The first kappa shape index (κ1) is 14.8. The highest BCUT2D eigenvalue weighted by Crippen LogP contribution is 2.19. The van der Waals surface area contributed by atoms with E-state index >= 15 is 0 Å². The molecule has 1 atom stereocenters. The van der Waals surface area contributed by atoms with Gasteiger partial charge >= 0.3 is 0 Å². The molecular weight excluding hydrogens is 258 g/mol. The Hall–Kier alpha value is -1.59. The fourth-order valence-corrected chi connectivity index (χ4v) is 2.07. The van der Waals surface area contributed by atoms with Crippen LogP contribution < -0.4 is 4.74 Å². The second-order valence-corrected chi connectivity index (χ2v) is 4.77. The number of rotatable bonds is 5. The summed E-state index contributed by atoms with van der Waals surface area (Å²) >= 11 is 0. The van der Waals surface area contributed by atoms with Gasteiger partial charge in [0.25, 0.3) is 5.91 Å². The first-order valence-electron chi connectivity index (χ1n) is 6.97. The molecule has 1 aliphatic heterocycles. The second-order valence-electron chi connectivity index (χ2n) is 4.77. The standard InChI is InChI=1S/C15H21NO4/c1-2-14(17)12-3-5-13(6-4-12)20-11-15(18)16-7-9-19-10-8-16/h3-6,14,17H,2,7-11H2,1H3/t14-/m0/s1. The van der Waals surface area contributed by atoms with Gasteiger partial charge in [0.1, 0.15) is 5.75 Å². The van der Waals surface area contributed by atoms with Crippen molar-refractivity contribution in [2.24, 2.45) is 0 Å². The van der Waals surface area contributed by atoms with Crippen molar-refractivity contribution in [3.63, 3.8) is 0 Å². The number of carbonyl (C=O) groups excluding carboxylic acids is 1. The Kier molecular flexibility index (Phi) is 5.38. The Labute approximate surface area is 119 Å². The van der Waals surface area contributed by atoms with Crippen LogP contribution in [-0.2, 0) is 9.53 Å². The van der Waals surface area contributed by atoms with Crippen LogP contribution in [0.2, 0.25) is 0 Å². The number of benzene rings is 1. The van der Waals surface area contributed by atoms with E-state index in [2.05, 4.69) is 0 Å². The van der Waals surface area contributed by atoms with Crippen molar-refractivity contribution in [1.29, 1.82) is 0 Å². The molecule has 5 nitrogen and oxygen atoms in total. The predicted octanol–water partition coefficient (Wildman–Crippen LogP) is 1.37. The Morgan fingerprint density at radius 2 is 2.00 bits per heavy atom. The predicted molar refractivity (Wildman–Crippen MR) is 74.6 cm³/mol. The topological polar surface area (TPSA) is 59.0 Å². The van der Waals surface area contributed by atoms with Crippen molar-refractivity contribution in [2.45, 2.75) is 19.4 Å². The molecule has 1 aromatic rings. The summed E-state index contributed by atoms with van der Waals surface area (Å²) in [7, 11) is 0. The fourth-order valence-electron chi connectivity index (χ4n) is 2.07. The van der Waals surface area contributed by atoms with Gasteiger partial charge in [-0.15, -0.1) is 0 Å². The first-order valence-corrected chi connectivity index (χ1v) is 6.97. The largest absolute Gasteiger partial charge is 0.484 e. The van der Waals surface area contributed by atoms with E-state index in [1.165, 1.54) is 0 Å². The summed E-state index contributed by atoms with van der Waals surface area (Å²) < 4.78 is 10.7. The van der Waals surface area contributed by atoms with E-state index in [1.807, 2.05) is 19.1 Å². The SMILES string of the molecule is CC[C@H](O)c1ccc(OCC(=O)N2CCOCC2)cc1. The molecule has 1 amide bonds. The van der Waals surface area contributed by atoms with Crippen molar-refractivity contribution < 1.29 is 19.4 Å². The number of nitrogens with zero attached hydrogens (tertiary/aromatic N) is 1. The van der Waals surface area contributed by atoms with Crippen LogP contribution in [0.1, 0.15) is 25.0 Å². The average Bonchev–Trinajstić information content (AvgIpc) is 2.53. The van der Waals surface area contributed by atoms with Gasteiger partial charge < -0.3 is 19.5 Å². The smallest absolute Gasteiger partial charge is 0.260 e. The molecule has 1 fully saturated rings. The van der Waals surface area contributed by atoms with Crippen LogP contribution in [0.4, 0.5) is 0 Å². The Balaban J connectivity index is 1.82. The molecule has 1 aliphatic rings. The highest BCUT2D eigenvalue weighted by molar-refractivity contribution is 5.77. The van der Waals surface area contributed by atoms with Crippen LogP contribution in [0.15, 0.2) is 24.3 Å². The van der Waals surface area contributed by atoms with E-state index in [-0.39, 0.29) is 12.5 Å². The van der Waals surface area contributed by atoms with E-state index in [1.54, 1.807) is 17.0 Å². The molecule has 2 rings (SSSR count). The maximum Gasteiger partial charge on any atom is 0.260 e. The number of morpholine rings is 1. The highest BCUT2D eigenvalue weighted by Gasteiger charge is 2.17. The molecule has 0 unspecified atom stereocenters. The van der Waals surface area contributed by atoms with Gasteiger partial charge in [0.05, 0.1) is 19.3 Å². The molecule has 0 bridgehead atoms. The van der Waals surface area contributed by atoms with Crippen LogP contribution in [0.3, 0.4) is 0 Å². The normalized spacial score (nSPS) is 16.8. The minimum atomic E-state index is -0.445. The lowest BCUT2D eigenvalue weighted by Gasteiger charge is -2.26. The number of carbonyl (C=O) groups is 1. The van der Waals surface area contributed by atoms with Crippen molar-refractivity contribution in [3.8, 4) is 5.75 Å². The van der Waals surface area contributed by atoms with E-state index in [9.17, 15) is 9.90 Å². The minimum Gasteiger partial charge on any atom is -0.484 e. The van der Waals surface area contributed by atoms with Gasteiger partial charge in [-0.25, -0.2) is 0 Å². The quantitative estimate of drug-likeness (QED) is 0.884. The third kappa shape index (κ3) is 3.95. The third-order valence-corrected chi connectivity index (χ3v) is 3.38. The van der Waals surface area contributed by atoms with E-state index in [0.29, 0.717) is 38.5 Å². The van der Waals surface area contributed by atoms with Gasteiger partial charge in [-0.3, -0.25) is 4.79 Å². The number of aliphatic hydroxyl groups excluding tert-OH is 1. The lowest BCUT2D eigenvalue weighted by atomic mass is 10.1. The second kappa shape index (κ2) is 7.26. The summed E-state index contributed by atoms with van der Waals surface area (Å²) in [4.78, 5) is 13.6. The van der Waals surface area contributed by atoms with Crippen molar-refractivity contribution >= 4 is 5.91 Å². The average molecular weight is 279 g/mol. The number of hydrogen-bond acceptors (Lipinski definition) is 4. The zero-order valence-corrected chi connectivity index (χ0v) is 11.7. The molecule has 0 aliphatic carbocycles. The number of ether oxygens (including phenoxy) is 2. The zero-order valence-electron chi connectivity index (χ0n) is 11.7. The Morgan fingerprint density at radius 1 is 1.35 bits per heavy atom.